The molecule has 0 radical (unpaired) electrons. The number of amides is 1. The number of esters is 1. The van der Waals surface area contributed by atoms with Crippen molar-refractivity contribution in [3.05, 3.63) is 106 Å². The predicted octanol–water partition coefficient (Wildman–Crippen LogP) is 4.13. The van der Waals surface area contributed by atoms with Crippen LogP contribution in [-0.4, -0.2) is 16.8 Å². The molecular formula is C22H18N2O5. The zero-order chi connectivity index (χ0) is 20.6. The number of nitro benzene ring substituents is 1. The fraction of sp³-hybridized carbons (Fsp3) is 0.0909. The number of ether oxygens (including phenoxy) is 1. The van der Waals surface area contributed by atoms with Crippen LogP contribution in [0.4, 0.5) is 11.4 Å². The normalized spacial score (nSPS) is 10.2. The van der Waals surface area contributed by atoms with Crippen LogP contribution in [0.2, 0.25) is 0 Å². The lowest BCUT2D eigenvalue weighted by Gasteiger charge is -2.11. The van der Waals surface area contributed by atoms with Crippen molar-refractivity contribution in [2.24, 2.45) is 0 Å². The zero-order valence-corrected chi connectivity index (χ0v) is 15.4. The number of carbonyl (C=O) groups excluding carboxylic acids is 2. The first kappa shape index (κ1) is 19.8. The molecule has 0 fully saturated rings. The van der Waals surface area contributed by atoms with Crippen LogP contribution in [0.15, 0.2) is 78.9 Å². The summed E-state index contributed by atoms with van der Waals surface area (Å²) in [4.78, 5) is 35.0. The first-order valence-corrected chi connectivity index (χ1v) is 8.86. The summed E-state index contributed by atoms with van der Waals surface area (Å²) < 4.78 is 5.29. The van der Waals surface area contributed by atoms with Gasteiger partial charge in [0.1, 0.15) is 6.61 Å². The number of benzene rings is 3. The molecule has 0 unspecified atom stereocenters. The molecule has 0 heterocycles. The molecule has 3 aromatic carbocycles. The lowest BCUT2D eigenvalue weighted by atomic mass is 10.1. The summed E-state index contributed by atoms with van der Waals surface area (Å²) in [6.45, 7) is -0.0386. The smallest absolute Gasteiger partial charge is 0.340 e. The number of hydrogen-bond acceptors (Lipinski definition) is 5. The minimum Gasteiger partial charge on any atom is -0.457 e. The molecule has 0 atom stereocenters. The van der Waals surface area contributed by atoms with Gasteiger partial charge >= 0.3 is 5.97 Å². The second-order valence-electron chi connectivity index (χ2n) is 6.26. The third-order valence-corrected chi connectivity index (χ3v) is 4.15. The Morgan fingerprint density at radius 2 is 1.52 bits per heavy atom. The van der Waals surface area contributed by atoms with Crippen molar-refractivity contribution in [1.29, 1.82) is 0 Å². The number of nitrogens with zero attached hydrogens (tertiary/aromatic N) is 1. The van der Waals surface area contributed by atoms with E-state index < -0.39 is 10.9 Å². The van der Waals surface area contributed by atoms with Gasteiger partial charge in [-0.05, 0) is 35.4 Å². The molecule has 29 heavy (non-hydrogen) atoms. The molecule has 0 aliphatic rings. The Kier molecular flexibility index (Phi) is 6.32. The summed E-state index contributed by atoms with van der Waals surface area (Å²) in [5.41, 5.74) is 2.04. The fourth-order valence-corrected chi connectivity index (χ4v) is 2.69. The van der Waals surface area contributed by atoms with Gasteiger partial charge in [-0.15, -0.1) is 0 Å². The Hall–Kier alpha value is -4.00. The van der Waals surface area contributed by atoms with E-state index in [9.17, 15) is 19.7 Å². The van der Waals surface area contributed by atoms with E-state index in [2.05, 4.69) is 5.32 Å². The number of nitrogens with one attached hydrogen (secondary N) is 1. The Morgan fingerprint density at radius 1 is 0.862 bits per heavy atom. The summed E-state index contributed by atoms with van der Waals surface area (Å²) in [6, 6.07) is 21.6. The van der Waals surface area contributed by atoms with E-state index in [4.69, 9.17) is 4.74 Å². The number of para-hydroxylation sites is 1. The first-order valence-electron chi connectivity index (χ1n) is 8.86. The standard InChI is InChI=1S/C22H18N2O5/c25-21(14-16-6-2-1-3-7-16)23-20-9-5-4-8-19(20)22(26)29-15-17-10-12-18(13-11-17)24(27)28/h1-13H,14-15H2,(H,23,25). The maximum atomic E-state index is 12.5. The molecule has 1 amide bonds. The van der Waals surface area contributed by atoms with E-state index in [0.29, 0.717) is 11.3 Å². The topological polar surface area (TPSA) is 98.5 Å². The lowest BCUT2D eigenvalue weighted by Crippen LogP contribution is -2.17. The van der Waals surface area contributed by atoms with Crippen LogP contribution in [0.25, 0.3) is 0 Å². The molecule has 0 spiro atoms. The van der Waals surface area contributed by atoms with Crippen molar-refractivity contribution in [3.8, 4) is 0 Å². The van der Waals surface area contributed by atoms with E-state index in [1.165, 1.54) is 24.3 Å². The number of non-ortho nitro benzene ring substituents is 1. The van der Waals surface area contributed by atoms with Crippen molar-refractivity contribution in [1.82, 2.24) is 0 Å². The Bertz CT molecular complexity index is 1020. The SMILES string of the molecule is O=C(Cc1ccccc1)Nc1ccccc1C(=O)OCc1ccc([N+](=O)[O-])cc1. The minimum atomic E-state index is -0.598. The van der Waals surface area contributed by atoms with Crippen LogP contribution in [-0.2, 0) is 22.6 Å². The second-order valence-corrected chi connectivity index (χ2v) is 6.26. The van der Waals surface area contributed by atoms with Crippen LogP contribution in [0, 0.1) is 10.1 Å². The number of rotatable bonds is 7. The lowest BCUT2D eigenvalue weighted by molar-refractivity contribution is -0.384. The molecule has 0 bridgehead atoms. The van der Waals surface area contributed by atoms with Gasteiger partial charge in [-0.2, -0.15) is 0 Å². The second kappa shape index (κ2) is 9.27. The summed E-state index contributed by atoms with van der Waals surface area (Å²) in [5.74, 6) is -0.842. The van der Waals surface area contributed by atoms with Crippen LogP contribution < -0.4 is 5.32 Å². The molecule has 0 saturated heterocycles. The maximum Gasteiger partial charge on any atom is 0.340 e. The molecule has 1 N–H and O–H groups in total. The van der Waals surface area contributed by atoms with Gasteiger partial charge in [0.2, 0.25) is 5.91 Å². The highest BCUT2D eigenvalue weighted by atomic mass is 16.6. The van der Waals surface area contributed by atoms with E-state index in [0.717, 1.165) is 5.56 Å². The van der Waals surface area contributed by atoms with Crippen molar-refractivity contribution >= 4 is 23.3 Å². The quantitative estimate of drug-likeness (QED) is 0.371. The molecule has 0 aromatic heterocycles. The van der Waals surface area contributed by atoms with Crippen LogP contribution >= 0.6 is 0 Å². The number of anilines is 1. The van der Waals surface area contributed by atoms with Crippen molar-refractivity contribution in [2.75, 3.05) is 5.32 Å². The van der Waals surface area contributed by atoms with Gasteiger partial charge in [0.05, 0.1) is 22.6 Å². The minimum absolute atomic E-state index is 0.0356. The van der Waals surface area contributed by atoms with E-state index in [-0.39, 0.29) is 30.2 Å². The molecule has 0 aliphatic heterocycles. The predicted molar refractivity (Wildman–Crippen MR) is 107 cm³/mol. The third kappa shape index (κ3) is 5.49. The van der Waals surface area contributed by atoms with Crippen LogP contribution in [0.1, 0.15) is 21.5 Å². The summed E-state index contributed by atoms with van der Waals surface area (Å²) in [5, 5.41) is 13.4. The van der Waals surface area contributed by atoms with Crippen molar-refractivity contribution < 1.29 is 19.2 Å². The van der Waals surface area contributed by atoms with Gasteiger partial charge in [0.15, 0.2) is 0 Å². The molecular weight excluding hydrogens is 372 g/mol. The summed E-state index contributed by atoms with van der Waals surface area (Å²) >= 11 is 0. The maximum absolute atomic E-state index is 12.5. The van der Waals surface area contributed by atoms with Gasteiger partial charge in [-0.3, -0.25) is 14.9 Å². The van der Waals surface area contributed by atoms with E-state index >= 15 is 0 Å². The van der Waals surface area contributed by atoms with Crippen molar-refractivity contribution in [2.45, 2.75) is 13.0 Å². The Balaban J connectivity index is 1.63. The molecule has 3 rings (SSSR count). The monoisotopic (exact) mass is 390 g/mol. The van der Waals surface area contributed by atoms with E-state index in [1.54, 1.807) is 24.3 Å². The fourth-order valence-electron chi connectivity index (χ4n) is 2.69. The largest absolute Gasteiger partial charge is 0.457 e. The average molecular weight is 390 g/mol. The van der Waals surface area contributed by atoms with Gasteiger partial charge in [-0.1, -0.05) is 42.5 Å². The summed E-state index contributed by atoms with van der Waals surface area (Å²) in [7, 11) is 0. The van der Waals surface area contributed by atoms with Gasteiger partial charge < -0.3 is 10.1 Å². The molecule has 0 saturated carbocycles. The van der Waals surface area contributed by atoms with Crippen LogP contribution in [0.5, 0.6) is 0 Å². The first-order chi connectivity index (χ1) is 14.0. The zero-order valence-electron chi connectivity index (χ0n) is 15.4. The van der Waals surface area contributed by atoms with Gasteiger partial charge in [0, 0.05) is 12.1 Å². The number of nitro groups is 1. The van der Waals surface area contributed by atoms with Gasteiger partial charge in [0.25, 0.3) is 5.69 Å². The van der Waals surface area contributed by atoms with Crippen molar-refractivity contribution in [3.63, 3.8) is 0 Å². The van der Waals surface area contributed by atoms with E-state index in [1.807, 2.05) is 30.3 Å². The highest BCUT2D eigenvalue weighted by molar-refractivity contribution is 6.01. The number of carbonyl (C=O) groups is 2. The highest BCUT2D eigenvalue weighted by Crippen LogP contribution is 2.18. The number of hydrogen-bond donors (Lipinski definition) is 1. The molecule has 0 aliphatic carbocycles. The Labute approximate surface area is 167 Å². The van der Waals surface area contributed by atoms with Gasteiger partial charge in [-0.25, -0.2) is 4.79 Å². The molecule has 3 aromatic rings. The third-order valence-electron chi connectivity index (χ3n) is 4.15. The molecule has 7 heteroatoms. The molecule has 7 nitrogen and oxygen atoms in total. The highest BCUT2D eigenvalue weighted by Gasteiger charge is 2.15. The Morgan fingerprint density at radius 3 is 2.21 bits per heavy atom. The molecule has 146 valence electrons. The summed E-state index contributed by atoms with van der Waals surface area (Å²) in [6.07, 6.45) is 0.188. The average Bonchev–Trinajstić information content (AvgIpc) is 2.73. The van der Waals surface area contributed by atoms with Crippen LogP contribution in [0.3, 0.4) is 0 Å².